The summed E-state index contributed by atoms with van der Waals surface area (Å²) < 4.78 is 67.8. The fourth-order valence-electron chi connectivity index (χ4n) is 2.51. The fourth-order valence-corrected chi connectivity index (χ4v) is 2.66. The first-order valence-corrected chi connectivity index (χ1v) is 8.09. The molecule has 1 aromatic heterocycles. The monoisotopic (exact) mass is 400 g/mol. The van der Waals surface area contributed by atoms with Crippen molar-refractivity contribution in [1.82, 2.24) is 4.98 Å². The fraction of sp³-hybridized carbons (Fsp3) is 0.111. The molecule has 27 heavy (non-hydrogen) atoms. The SMILES string of the molecule is O=C(CCl)N(Cc1c(F)cc(F)c(F)c1F)c1ccc2cc(F)ccc2n1. The third kappa shape index (κ3) is 3.71. The number of fused-ring (bicyclic) bond motifs is 1. The van der Waals surface area contributed by atoms with Crippen molar-refractivity contribution in [2.24, 2.45) is 0 Å². The lowest BCUT2D eigenvalue weighted by atomic mass is 10.1. The number of benzene rings is 2. The Balaban J connectivity index is 2.07. The number of halogens is 6. The maximum Gasteiger partial charge on any atom is 0.243 e. The molecular weight excluding hydrogens is 391 g/mol. The van der Waals surface area contributed by atoms with E-state index < -0.39 is 53.0 Å². The van der Waals surface area contributed by atoms with Crippen LogP contribution in [-0.2, 0) is 11.3 Å². The molecule has 3 rings (SSSR count). The lowest BCUT2D eigenvalue weighted by molar-refractivity contribution is -0.116. The van der Waals surface area contributed by atoms with E-state index in [4.69, 9.17) is 11.6 Å². The normalized spacial score (nSPS) is 11.0. The topological polar surface area (TPSA) is 33.2 Å². The van der Waals surface area contributed by atoms with Crippen molar-refractivity contribution in [2.45, 2.75) is 6.54 Å². The first-order valence-electron chi connectivity index (χ1n) is 7.56. The maximum absolute atomic E-state index is 14.0. The van der Waals surface area contributed by atoms with Gasteiger partial charge in [-0.1, -0.05) is 0 Å². The smallest absolute Gasteiger partial charge is 0.243 e. The van der Waals surface area contributed by atoms with Crippen LogP contribution in [0.3, 0.4) is 0 Å². The molecule has 0 spiro atoms. The van der Waals surface area contributed by atoms with Crippen molar-refractivity contribution in [3.05, 3.63) is 71.0 Å². The van der Waals surface area contributed by atoms with Crippen molar-refractivity contribution in [2.75, 3.05) is 10.8 Å². The molecule has 1 amide bonds. The first kappa shape index (κ1) is 19.0. The van der Waals surface area contributed by atoms with Gasteiger partial charge in [-0.15, -0.1) is 11.6 Å². The highest BCUT2D eigenvalue weighted by atomic mass is 35.5. The van der Waals surface area contributed by atoms with E-state index >= 15 is 0 Å². The van der Waals surface area contributed by atoms with Gasteiger partial charge in [-0.2, -0.15) is 0 Å². The van der Waals surface area contributed by atoms with Crippen molar-refractivity contribution in [1.29, 1.82) is 0 Å². The minimum absolute atomic E-state index is 0.0386. The van der Waals surface area contributed by atoms with E-state index in [0.29, 0.717) is 10.9 Å². The van der Waals surface area contributed by atoms with Crippen molar-refractivity contribution in [3.63, 3.8) is 0 Å². The Morgan fingerprint density at radius 2 is 1.70 bits per heavy atom. The van der Waals surface area contributed by atoms with E-state index in [1.54, 1.807) is 0 Å². The highest BCUT2D eigenvalue weighted by Crippen LogP contribution is 2.25. The van der Waals surface area contributed by atoms with Gasteiger partial charge in [0.25, 0.3) is 0 Å². The van der Waals surface area contributed by atoms with Crippen molar-refractivity contribution < 1.29 is 26.7 Å². The quantitative estimate of drug-likeness (QED) is 0.275. The van der Waals surface area contributed by atoms with E-state index in [2.05, 4.69) is 4.98 Å². The third-order valence-electron chi connectivity index (χ3n) is 3.85. The maximum atomic E-state index is 14.0. The van der Waals surface area contributed by atoms with Gasteiger partial charge in [-0.3, -0.25) is 9.69 Å². The van der Waals surface area contributed by atoms with Crippen LogP contribution < -0.4 is 4.90 Å². The molecule has 2 aromatic carbocycles. The standard InChI is InChI=1S/C18H10ClF5N2O/c19-7-16(27)26(8-11-12(21)6-13(22)18(24)17(11)23)15-4-1-9-5-10(20)2-3-14(9)25-15/h1-6H,7-8H2. The Kier molecular flexibility index (Phi) is 5.27. The van der Waals surface area contributed by atoms with Gasteiger partial charge < -0.3 is 0 Å². The highest BCUT2D eigenvalue weighted by molar-refractivity contribution is 6.29. The lowest BCUT2D eigenvalue weighted by Crippen LogP contribution is -2.33. The second kappa shape index (κ2) is 7.48. The highest BCUT2D eigenvalue weighted by Gasteiger charge is 2.24. The van der Waals surface area contributed by atoms with Crippen molar-refractivity contribution in [3.8, 4) is 0 Å². The van der Waals surface area contributed by atoms with Crippen LogP contribution in [0.1, 0.15) is 5.56 Å². The molecule has 3 nitrogen and oxygen atoms in total. The minimum atomic E-state index is -1.85. The average molecular weight is 401 g/mol. The number of pyridine rings is 1. The first-order chi connectivity index (χ1) is 12.8. The van der Waals surface area contributed by atoms with E-state index in [1.807, 2.05) is 0 Å². The largest absolute Gasteiger partial charge is 0.291 e. The van der Waals surface area contributed by atoms with Crippen LogP contribution in [0.5, 0.6) is 0 Å². The molecule has 0 unspecified atom stereocenters. The molecule has 0 bridgehead atoms. The molecule has 3 aromatic rings. The number of hydrogen-bond acceptors (Lipinski definition) is 2. The molecule has 140 valence electrons. The second-order valence-corrected chi connectivity index (χ2v) is 5.83. The number of nitrogens with zero attached hydrogens (tertiary/aromatic N) is 2. The van der Waals surface area contributed by atoms with E-state index in [0.717, 1.165) is 11.0 Å². The summed E-state index contributed by atoms with van der Waals surface area (Å²) >= 11 is 5.55. The number of carbonyl (C=O) groups is 1. The Labute approximate surface area is 155 Å². The van der Waals surface area contributed by atoms with Gasteiger partial charge in [0.2, 0.25) is 5.91 Å². The Hall–Kier alpha value is -2.74. The Bertz CT molecular complexity index is 1040. The number of hydrogen-bond donors (Lipinski definition) is 0. The Morgan fingerprint density at radius 3 is 2.41 bits per heavy atom. The molecule has 0 N–H and O–H groups in total. The number of carbonyl (C=O) groups excluding carboxylic acids is 1. The van der Waals surface area contributed by atoms with E-state index in [1.165, 1.54) is 24.3 Å². The van der Waals surface area contributed by atoms with Crippen LogP contribution in [0.15, 0.2) is 36.4 Å². The van der Waals surface area contributed by atoms with Crippen LogP contribution in [-0.4, -0.2) is 16.8 Å². The molecular formula is C18H10ClF5N2O. The molecule has 0 atom stereocenters. The van der Waals surface area contributed by atoms with Gasteiger partial charge in [-0.25, -0.2) is 26.9 Å². The molecule has 1 heterocycles. The van der Waals surface area contributed by atoms with Crippen LogP contribution in [0, 0.1) is 29.1 Å². The summed E-state index contributed by atoms with van der Waals surface area (Å²) in [5, 5.41) is 0.433. The molecule has 0 saturated heterocycles. The zero-order chi connectivity index (χ0) is 19.7. The van der Waals surface area contributed by atoms with Crippen LogP contribution in [0.4, 0.5) is 27.8 Å². The molecule has 9 heteroatoms. The minimum Gasteiger partial charge on any atom is -0.291 e. The summed E-state index contributed by atoms with van der Waals surface area (Å²) in [5.74, 6) is -8.49. The molecule has 0 fully saturated rings. The number of anilines is 1. The zero-order valence-corrected chi connectivity index (χ0v) is 14.2. The van der Waals surface area contributed by atoms with Crippen molar-refractivity contribution >= 4 is 34.2 Å². The van der Waals surface area contributed by atoms with Gasteiger partial charge in [0, 0.05) is 17.0 Å². The zero-order valence-electron chi connectivity index (χ0n) is 13.4. The lowest BCUT2D eigenvalue weighted by Gasteiger charge is -2.22. The number of amides is 1. The van der Waals surface area contributed by atoms with Crippen LogP contribution in [0.25, 0.3) is 10.9 Å². The second-order valence-electron chi connectivity index (χ2n) is 5.57. The van der Waals surface area contributed by atoms with Gasteiger partial charge in [-0.05, 0) is 30.3 Å². The summed E-state index contributed by atoms with van der Waals surface area (Å²) in [7, 11) is 0. The predicted molar refractivity (Wildman–Crippen MR) is 89.9 cm³/mol. The predicted octanol–water partition coefficient (Wildman–Crippen LogP) is 4.70. The number of rotatable bonds is 4. The Morgan fingerprint density at radius 1 is 0.963 bits per heavy atom. The summed E-state index contributed by atoms with van der Waals surface area (Å²) in [6, 6.07) is 6.69. The van der Waals surface area contributed by atoms with Gasteiger partial charge >= 0.3 is 0 Å². The summed E-state index contributed by atoms with van der Waals surface area (Å²) in [4.78, 5) is 17.1. The molecule has 0 aliphatic heterocycles. The summed E-state index contributed by atoms with van der Waals surface area (Å²) in [6.45, 7) is -0.764. The van der Waals surface area contributed by atoms with E-state index in [9.17, 15) is 26.7 Å². The average Bonchev–Trinajstić information content (AvgIpc) is 2.65. The van der Waals surface area contributed by atoms with Gasteiger partial charge in [0.15, 0.2) is 17.5 Å². The third-order valence-corrected chi connectivity index (χ3v) is 4.08. The molecule has 0 aliphatic carbocycles. The number of aromatic nitrogens is 1. The van der Waals surface area contributed by atoms with Gasteiger partial charge in [0.1, 0.15) is 23.3 Å². The molecule has 0 aliphatic rings. The van der Waals surface area contributed by atoms with Crippen LogP contribution in [0.2, 0.25) is 0 Å². The molecule has 0 radical (unpaired) electrons. The summed E-state index contributed by atoms with van der Waals surface area (Å²) in [5.41, 5.74) is -0.541. The van der Waals surface area contributed by atoms with E-state index in [-0.39, 0.29) is 11.9 Å². The molecule has 0 saturated carbocycles. The summed E-state index contributed by atoms with van der Waals surface area (Å²) in [6.07, 6.45) is 0. The van der Waals surface area contributed by atoms with Gasteiger partial charge in [0.05, 0.1) is 12.1 Å². The number of alkyl halides is 1. The van der Waals surface area contributed by atoms with Crippen LogP contribution >= 0.6 is 11.6 Å².